The summed E-state index contributed by atoms with van der Waals surface area (Å²) in [6.45, 7) is 1.78. The molecule has 1 saturated heterocycles. The van der Waals surface area contributed by atoms with Gasteiger partial charge >= 0.3 is 0 Å². The first-order valence-corrected chi connectivity index (χ1v) is 10.5. The van der Waals surface area contributed by atoms with Gasteiger partial charge in [0.05, 0.1) is 9.83 Å². The van der Waals surface area contributed by atoms with Crippen molar-refractivity contribution in [2.24, 2.45) is 10.9 Å². The minimum atomic E-state index is -0.437. The molecule has 1 fully saturated rings. The lowest BCUT2D eigenvalue weighted by Crippen LogP contribution is -2.37. The van der Waals surface area contributed by atoms with Crippen LogP contribution < -0.4 is 0 Å². The Morgan fingerprint density at radius 3 is 2.62 bits per heavy atom. The first kappa shape index (κ1) is 19.4. The molecule has 0 aliphatic carbocycles. The van der Waals surface area contributed by atoms with E-state index >= 15 is 0 Å². The number of thioether (sulfide) groups is 1. The molecule has 2 aromatic carbocycles. The van der Waals surface area contributed by atoms with Crippen LogP contribution in [0.15, 0.2) is 64.5 Å². The van der Waals surface area contributed by atoms with Gasteiger partial charge in [-0.25, -0.2) is 0 Å². The molecule has 2 aromatic rings. The van der Waals surface area contributed by atoms with Gasteiger partial charge in [0, 0.05) is 25.2 Å². The second-order valence-corrected chi connectivity index (χ2v) is 8.29. The van der Waals surface area contributed by atoms with Gasteiger partial charge in [0.1, 0.15) is 0 Å². The van der Waals surface area contributed by atoms with Crippen molar-refractivity contribution < 1.29 is 9.72 Å². The van der Waals surface area contributed by atoms with Crippen molar-refractivity contribution in [2.75, 3.05) is 13.1 Å². The van der Waals surface area contributed by atoms with E-state index in [4.69, 9.17) is 0 Å². The van der Waals surface area contributed by atoms with Crippen molar-refractivity contribution in [3.63, 3.8) is 0 Å². The molecule has 29 heavy (non-hydrogen) atoms. The van der Waals surface area contributed by atoms with E-state index in [1.165, 1.54) is 29.5 Å². The Labute approximate surface area is 173 Å². The van der Waals surface area contributed by atoms with Crippen molar-refractivity contribution in [3.05, 3.63) is 80.7 Å². The number of amidine groups is 1. The Bertz CT molecular complexity index is 980. The quantitative estimate of drug-likeness (QED) is 0.423. The van der Waals surface area contributed by atoms with E-state index < -0.39 is 4.92 Å². The van der Waals surface area contributed by atoms with E-state index in [1.807, 2.05) is 6.07 Å². The van der Waals surface area contributed by atoms with Gasteiger partial charge in [0.2, 0.25) is 0 Å². The molecule has 0 N–H and O–H groups in total. The second kappa shape index (κ2) is 8.61. The van der Waals surface area contributed by atoms with Crippen molar-refractivity contribution in [1.82, 2.24) is 4.90 Å². The minimum Gasteiger partial charge on any atom is -0.351 e. The molecule has 2 heterocycles. The summed E-state index contributed by atoms with van der Waals surface area (Å²) in [5.74, 6) is 0.374. The Morgan fingerprint density at radius 1 is 1.14 bits per heavy atom. The van der Waals surface area contributed by atoms with Crippen molar-refractivity contribution in [3.8, 4) is 0 Å². The van der Waals surface area contributed by atoms with Gasteiger partial charge in [-0.3, -0.25) is 14.9 Å². The summed E-state index contributed by atoms with van der Waals surface area (Å²) in [5.41, 5.74) is 2.01. The number of aliphatic imine (C=N–C) groups is 1. The number of carbonyl (C=O) groups is 1. The highest BCUT2D eigenvalue weighted by molar-refractivity contribution is 8.18. The molecule has 0 atom stereocenters. The number of benzene rings is 2. The molecule has 0 unspecified atom stereocenters. The molecule has 4 rings (SSSR count). The van der Waals surface area contributed by atoms with Crippen LogP contribution in [0, 0.1) is 16.0 Å². The molecule has 0 aromatic heterocycles. The average Bonchev–Trinajstić information content (AvgIpc) is 3.10. The van der Waals surface area contributed by atoms with Gasteiger partial charge in [-0.05, 0) is 54.1 Å². The molecular formula is C22H21N3O3S. The predicted molar refractivity (Wildman–Crippen MR) is 116 cm³/mol. The van der Waals surface area contributed by atoms with Crippen LogP contribution in [0.2, 0.25) is 0 Å². The van der Waals surface area contributed by atoms with Gasteiger partial charge in [-0.2, -0.15) is 4.99 Å². The number of nitro groups is 1. The van der Waals surface area contributed by atoms with Crippen molar-refractivity contribution in [2.45, 2.75) is 19.3 Å². The number of nitrogens with zero attached hydrogens (tertiary/aromatic N) is 3. The topological polar surface area (TPSA) is 75.8 Å². The smallest absolute Gasteiger partial charge is 0.286 e. The highest BCUT2D eigenvalue weighted by Gasteiger charge is 2.29. The van der Waals surface area contributed by atoms with Crippen LogP contribution in [-0.2, 0) is 11.2 Å². The Kier molecular flexibility index (Phi) is 5.76. The van der Waals surface area contributed by atoms with E-state index in [9.17, 15) is 14.9 Å². The lowest BCUT2D eigenvalue weighted by molar-refractivity contribution is -0.384. The number of hydrogen-bond acceptors (Lipinski definition) is 5. The van der Waals surface area contributed by atoms with Crippen LogP contribution in [-0.4, -0.2) is 34.0 Å². The van der Waals surface area contributed by atoms with Gasteiger partial charge in [0.25, 0.3) is 11.6 Å². The van der Waals surface area contributed by atoms with Crippen LogP contribution in [0.3, 0.4) is 0 Å². The molecule has 1 amide bonds. The van der Waals surface area contributed by atoms with Crippen LogP contribution in [0.4, 0.5) is 5.69 Å². The maximum absolute atomic E-state index is 12.3. The van der Waals surface area contributed by atoms with Gasteiger partial charge in [-0.1, -0.05) is 42.5 Å². The third-order valence-corrected chi connectivity index (χ3v) is 6.28. The number of nitro benzene ring substituents is 1. The summed E-state index contributed by atoms with van der Waals surface area (Å²) >= 11 is 1.36. The van der Waals surface area contributed by atoms with Crippen LogP contribution in [0.25, 0.3) is 6.08 Å². The van der Waals surface area contributed by atoms with E-state index in [0.717, 1.165) is 37.5 Å². The summed E-state index contributed by atoms with van der Waals surface area (Å²) in [6, 6.07) is 16.8. The first-order valence-electron chi connectivity index (χ1n) is 9.64. The number of likely N-dealkylation sites (tertiary alicyclic amines) is 1. The van der Waals surface area contributed by atoms with E-state index in [0.29, 0.717) is 16.4 Å². The maximum atomic E-state index is 12.3. The summed E-state index contributed by atoms with van der Waals surface area (Å²) < 4.78 is 0. The van der Waals surface area contributed by atoms with Crippen LogP contribution >= 0.6 is 11.8 Å². The average molecular weight is 407 g/mol. The highest BCUT2D eigenvalue weighted by Crippen LogP contribution is 2.33. The fourth-order valence-electron chi connectivity index (χ4n) is 3.69. The zero-order chi connectivity index (χ0) is 20.2. The zero-order valence-electron chi connectivity index (χ0n) is 15.9. The Morgan fingerprint density at radius 2 is 1.90 bits per heavy atom. The SMILES string of the molecule is O=C1N=C(N2CCC(Cc3ccccc3)CC2)S/C1=C/c1cccc([N+](=O)[O-])c1. The second-order valence-electron chi connectivity index (χ2n) is 7.28. The Hall–Kier alpha value is -2.93. The molecular weight excluding hydrogens is 386 g/mol. The van der Waals surface area contributed by atoms with E-state index in [1.54, 1.807) is 18.2 Å². The fraction of sp³-hybridized carbons (Fsp3) is 0.273. The van der Waals surface area contributed by atoms with E-state index in [2.05, 4.69) is 34.2 Å². The third kappa shape index (κ3) is 4.74. The van der Waals surface area contributed by atoms with Crippen LogP contribution in [0.1, 0.15) is 24.0 Å². The molecule has 148 valence electrons. The minimum absolute atomic E-state index is 0.0106. The number of carbonyl (C=O) groups excluding carboxylic acids is 1. The Balaban J connectivity index is 1.36. The molecule has 6 nitrogen and oxygen atoms in total. The summed E-state index contributed by atoms with van der Waals surface area (Å²) in [5, 5.41) is 11.7. The van der Waals surface area contributed by atoms with Gasteiger partial charge in [-0.15, -0.1) is 0 Å². The number of amides is 1. The first-order chi connectivity index (χ1) is 14.1. The molecule has 0 spiro atoms. The largest absolute Gasteiger partial charge is 0.351 e. The molecule has 2 aliphatic rings. The summed E-state index contributed by atoms with van der Waals surface area (Å²) in [7, 11) is 0. The molecule has 0 bridgehead atoms. The number of piperidine rings is 1. The number of hydrogen-bond donors (Lipinski definition) is 0. The monoisotopic (exact) mass is 407 g/mol. The lowest BCUT2D eigenvalue weighted by atomic mass is 9.90. The normalized spacial score (nSPS) is 18.9. The number of rotatable bonds is 4. The van der Waals surface area contributed by atoms with Gasteiger partial charge in [0.15, 0.2) is 5.17 Å². The molecule has 0 saturated carbocycles. The molecule has 7 heteroatoms. The highest BCUT2D eigenvalue weighted by atomic mass is 32.2. The number of non-ortho nitro benzene ring substituents is 1. The standard InChI is InChI=1S/C22H21N3O3S/c26-21-20(15-18-7-4-8-19(14-18)25(27)28)29-22(23-21)24-11-9-17(10-12-24)13-16-5-2-1-3-6-16/h1-8,14-15,17H,9-13H2/b20-15+. The molecule has 0 radical (unpaired) electrons. The predicted octanol–water partition coefficient (Wildman–Crippen LogP) is 4.52. The zero-order valence-corrected chi connectivity index (χ0v) is 16.7. The lowest BCUT2D eigenvalue weighted by Gasteiger charge is -2.32. The van der Waals surface area contributed by atoms with Crippen molar-refractivity contribution >= 4 is 34.6 Å². The molecule has 2 aliphatic heterocycles. The van der Waals surface area contributed by atoms with Gasteiger partial charge < -0.3 is 4.90 Å². The maximum Gasteiger partial charge on any atom is 0.286 e. The van der Waals surface area contributed by atoms with E-state index in [-0.39, 0.29) is 11.6 Å². The summed E-state index contributed by atoms with van der Waals surface area (Å²) in [6.07, 6.45) is 4.92. The fourth-order valence-corrected chi connectivity index (χ4v) is 4.65. The van der Waals surface area contributed by atoms with Crippen LogP contribution in [0.5, 0.6) is 0 Å². The third-order valence-electron chi connectivity index (χ3n) is 5.24. The summed E-state index contributed by atoms with van der Waals surface area (Å²) in [4.78, 5) is 29.7. The van der Waals surface area contributed by atoms with Crippen molar-refractivity contribution in [1.29, 1.82) is 0 Å².